The Kier molecular flexibility index (Phi) is 9.25. The minimum Gasteiger partial charge on any atom is -0.497 e. The molecule has 1 unspecified atom stereocenters. The Morgan fingerprint density at radius 1 is 0.891 bits per heavy atom. The van der Waals surface area contributed by atoms with Crippen molar-refractivity contribution in [3.63, 3.8) is 0 Å². The molecule has 0 saturated carbocycles. The van der Waals surface area contributed by atoms with Crippen molar-refractivity contribution in [3.05, 3.63) is 129 Å². The van der Waals surface area contributed by atoms with Crippen LogP contribution in [0.2, 0.25) is 5.02 Å². The summed E-state index contributed by atoms with van der Waals surface area (Å²) >= 11 is 7.59. The molecule has 46 heavy (non-hydrogen) atoms. The molecular weight excluding hydrogens is 633 g/mol. The lowest BCUT2D eigenvalue weighted by atomic mass is 9.71. The summed E-state index contributed by atoms with van der Waals surface area (Å²) in [4.78, 5) is 4.99. The van der Waals surface area contributed by atoms with Gasteiger partial charge >= 0.3 is 0 Å². The van der Waals surface area contributed by atoms with Gasteiger partial charge in [-0.3, -0.25) is 4.57 Å². The number of imidazole rings is 1. The molecule has 1 heterocycles. The van der Waals surface area contributed by atoms with Crippen LogP contribution in [0.5, 0.6) is 17.2 Å². The Morgan fingerprint density at radius 2 is 1.61 bits per heavy atom. The largest absolute Gasteiger partial charge is 0.497 e. The van der Waals surface area contributed by atoms with Crippen LogP contribution < -0.4 is 14.2 Å². The van der Waals surface area contributed by atoms with Crippen molar-refractivity contribution >= 4 is 23.4 Å². The normalized spacial score (nSPS) is 15.8. The Bertz CT molecular complexity index is 1840. The Balaban J connectivity index is 1.32. The third-order valence-electron chi connectivity index (χ3n) is 8.43. The molecule has 4 aromatic carbocycles. The minimum atomic E-state index is -0.708. The van der Waals surface area contributed by atoms with Crippen molar-refractivity contribution < 1.29 is 27.4 Å². The molecule has 5 aromatic rings. The van der Waals surface area contributed by atoms with Crippen LogP contribution in [-0.4, -0.2) is 23.8 Å². The smallest absolute Gasteiger partial charge is 0.173 e. The second-order valence-corrected chi connectivity index (χ2v) is 12.7. The van der Waals surface area contributed by atoms with Crippen LogP contribution in [-0.2, 0) is 24.2 Å². The first-order chi connectivity index (χ1) is 22.2. The second kappa shape index (κ2) is 13.3. The maximum atomic E-state index is 15.3. The van der Waals surface area contributed by atoms with Gasteiger partial charge < -0.3 is 14.2 Å². The molecule has 0 aliphatic heterocycles. The highest BCUT2D eigenvalue weighted by molar-refractivity contribution is 7.98. The number of nitrogens with zero attached hydrogens (tertiary/aromatic N) is 2. The van der Waals surface area contributed by atoms with Gasteiger partial charge in [-0.25, -0.2) is 18.2 Å². The van der Waals surface area contributed by atoms with Gasteiger partial charge in [-0.05, 0) is 85.8 Å². The zero-order valence-corrected chi connectivity index (χ0v) is 27.2. The fraction of sp³-hybridized carbons (Fsp3) is 0.250. The molecule has 10 heteroatoms. The number of aromatic nitrogens is 2. The van der Waals surface area contributed by atoms with Crippen LogP contribution in [0.25, 0.3) is 5.69 Å². The number of rotatable bonds is 10. The van der Waals surface area contributed by atoms with E-state index in [-0.39, 0.29) is 29.5 Å². The van der Waals surface area contributed by atoms with Gasteiger partial charge in [0.25, 0.3) is 0 Å². The number of ether oxygens (including phenoxy) is 3. The monoisotopic (exact) mass is 664 g/mol. The van der Waals surface area contributed by atoms with Gasteiger partial charge in [0.15, 0.2) is 5.16 Å². The van der Waals surface area contributed by atoms with Gasteiger partial charge in [0.2, 0.25) is 0 Å². The third-order valence-corrected chi connectivity index (χ3v) is 9.71. The molecule has 0 spiro atoms. The molecule has 1 aromatic heterocycles. The molecule has 0 N–H and O–H groups in total. The lowest BCUT2D eigenvalue weighted by Crippen LogP contribution is -2.31. The average molecular weight is 665 g/mol. The summed E-state index contributed by atoms with van der Waals surface area (Å²) in [6.07, 6.45) is 2.45. The van der Waals surface area contributed by atoms with Crippen LogP contribution in [0, 0.1) is 17.5 Å². The van der Waals surface area contributed by atoms with Crippen LogP contribution in [0.15, 0.2) is 84.0 Å². The highest BCUT2D eigenvalue weighted by atomic mass is 35.5. The van der Waals surface area contributed by atoms with E-state index in [1.165, 1.54) is 36.0 Å². The molecule has 1 atom stereocenters. The van der Waals surface area contributed by atoms with E-state index in [0.717, 1.165) is 41.8 Å². The van der Waals surface area contributed by atoms with E-state index in [0.29, 0.717) is 27.4 Å². The Labute approximate surface area is 275 Å². The van der Waals surface area contributed by atoms with Gasteiger partial charge in [0.05, 0.1) is 30.6 Å². The zero-order valence-electron chi connectivity index (χ0n) is 25.6. The maximum Gasteiger partial charge on any atom is 0.173 e. The van der Waals surface area contributed by atoms with E-state index in [1.807, 2.05) is 34.9 Å². The molecule has 238 valence electrons. The standard InChI is InChI=1S/C36H32ClF3N2O3S/c1-36(23-8-15-29(37)33(17-23)44-3)16-4-5-32-34(36)42(25-11-9-24(38)10-12-25)35(41-32)46-21-28-30(39)18-27(19-31(28)40)45-20-22-6-13-26(43-2)14-7-22/h6-15,17-19H,4-5,16,20-21H2,1-3H3. The summed E-state index contributed by atoms with van der Waals surface area (Å²) in [5, 5.41) is 1.07. The molecule has 1 aliphatic carbocycles. The predicted molar refractivity (Wildman–Crippen MR) is 174 cm³/mol. The number of thioether (sulfide) groups is 1. The minimum absolute atomic E-state index is 0.0149. The van der Waals surface area contributed by atoms with Crippen molar-refractivity contribution in [1.82, 2.24) is 9.55 Å². The summed E-state index contributed by atoms with van der Waals surface area (Å²) in [5.74, 6) is -0.428. The molecule has 0 saturated heterocycles. The second-order valence-electron chi connectivity index (χ2n) is 11.3. The highest BCUT2D eigenvalue weighted by Crippen LogP contribution is 2.47. The number of aryl methyl sites for hydroxylation is 1. The fourth-order valence-electron chi connectivity index (χ4n) is 5.95. The van der Waals surface area contributed by atoms with Crippen LogP contribution in [0.4, 0.5) is 13.2 Å². The summed E-state index contributed by atoms with van der Waals surface area (Å²) in [6, 6.07) is 21.6. The quantitative estimate of drug-likeness (QED) is 0.139. The average Bonchev–Trinajstić information content (AvgIpc) is 3.44. The van der Waals surface area contributed by atoms with Gasteiger partial charge in [-0.15, -0.1) is 0 Å². The fourth-order valence-corrected chi connectivity index (χ4v) is 7.19. The molecule has 1 aliphatic rings. The molecule has 0 bridgehead atoms. The third kappa shape index (κ3) is 6.31. The summed E-state index contributed by atoms with van der Waals surface area (Å²) in [5.41, 5.74) is 3.79. The van der Waals surface area contributed by atoms with Gasteiger partial charge in [-0.1, -0.05) is 41.6 Å². The summed E-state index contributed by atoms with van der Waals surface area (Å²) in [7, 11) is 3.16. The number of halogens is 4. The SMILES string of the molecule is COc1ccc(COc2cc(F)c(CSc3nc4c(n3-c3ccc(F)cc3)C(C)(c3ccc(Cl)c(OC)c3)CCC4)c(F)c2)cc1. The van der Waals surface area contributed by atoms with E-state index in [9.17, 15) is 4.39 Å². The lowest BCUT2D eigenvalue weighted by molar-refractivity contribution is 0.302. The van der Waals surface area contributed by atoms with Crippen molar-refractivity contribution in [1.29, 1.82) is 0 Å². The first-order valence-electron chi connectivity index (χ1n) is 14.8. The van der Waals surface area contributed by atoms with Crippen LogP contribution in [0.1, 0.15) is 47.8 Å². The van der Waals surface area contributed by atoms with Crippen molar-refractivity contribution in [2.24, 2.45) is 0 Å². The summed E-state index contributed by atoms with van der Waals surface area (Å²) in [6.45, 7) is 2.30. The van der Waals surface area contributed by atoms with Gasteiger partial charge in [0, 0.05) is 34.6 Å². The number of benzene rings is 4. The molecule has 0 amide bonds. The first-order valence-corrected chi connectivity index (χ1v) is 16.1. The van der Waals surface area contributed by atoms with E-state index < -0.39 is 17.0 Å². The maximum absolute atomic E-state index is 15.3. The predicted octanol–water partition coefficient (Wildman–Crippen LogP) is 9.47. The topological polar surface area (TPSA) is 45.5 Å². The van der Waals surface area contributed by atoms with E-state index in [4.69, 9.17) is 30.8 Å². The van der Waals surface area contributed by atoms with Gasteiger partial charge in [-0.2, -0.15) is 0 Å². The van der Waals surface area contributed by atoms with Crippen molar-refractivity contribution in [2.75, 3.05) is 14.2 Å². The molecule has 6 rings (SSSR count). The van der Waals surface area contributed by atoms with Crippen molar-refractivity contribution in [2.45, 2.75) is 49.1 Å². The number of methoxy groups -OCH3 is 2. The van der Waals surface area contributed by atoms with E-state index in [2.05, 4.69) is 6.92 Å². The first kappa shape index (κ1) is 31.9. The number of hydrogen-bond donors (Lipinski definition) is 0. The molecule has 5 nitrogen and oxygen atoms in total. The van der Waals surface area contributed by atoms with Crippen LogP contribution in [0.3, 0.4) is 0 Å². The Morgan fingerprint density at radius 3 is 2.28 bits per heavy atom. The number of fused-ring (bicyclic) bond motifs is 1. The van der Waals surface area contributed by atoms with Gasteiger partial charge in [0.1, 0.15) is 41.3 Å². The van der Waals surface area contributed by atoms with Crippen LogP contribution >= 0.6 is 23.4 Å². The molecular formula is C36H32ClF3N2O3S. The molecule has 0 radical (unpaired) electrons. The highest BCUT2D eigenvalue weighted by Gasteiger charge is 2.40. The van der Waals surface area contributed by atoms with E-state index >= 15 is 8.78 Å². The molecule has 0 fully saturated rings. The zero-order chi connectivity index (χ0) is 32.4. The lowest BCUT2D eigenvalue weighted by Gasteiger charge is -2.36. The summed E-state index contributed by atoms with van der Waals surface area (Å²) < 4.78 is 63.1. The van der Waals surface area contributed by atoms with E-state index in [1.54, 1.807) is 38.5 Å². The van der Waals surface area contributed by atoms with Crippen molar-refractivity contribution in [3.8, 4) is 22.9 Å². The number of hydrogen-bond acceptors (Lipinski definition) is 5. The Hall–Kier alpha value is -4.08.